The number of aliphatic hydroxyl groups excluding tert-OH is 1. The lowest BCUT2D eigenvalue weighted by molar-refractivity contribution is 0.140. The molecule has 0 bridgehead atoms. The van der Waals surface area contributed by atoms with E-state index < -0.39 is 6.10 Å². The Morgan fingerprint density at radius 2 is 1.56 bits per heavy atom. The van der Waals surface area contributed by atoms with Crippen LogP contribution in [0.3, 0.4) is 0 Å². The summed E-state index contributed by atoms with van der Waals surface area (Å²) >= 11 is 0. The second-order valence-electron chi connectivity index (χ2n) is 3.97. The average molecular weight is 255 g/mol. The molecule has 5 nitrogen and oxygen atoms in total. The lowest BCUT2D eigenvalue weighted by Gasteiger charge is -2.21. The molecular weight excluding hydrogens is 234 g/mol. The fraction of sp³-hybridized carbons (Fsp3) is 0.538. The van der Waals surface area contributed by atoms with Gasteiger partial charge in [0.2, 0.25) is 0 Å². The van der Waals surface area contributed by atoms with Crippen molar-refractivity contribution in [1.82, 2.24) is 0 Å². The van der Waals surface area contributed by atoms with Crippen LogP contribution in [0.25, 0.3) is 0 Å². The molecule has 1 aromatic carbocycles. The topological polar surface area (TPSA) is 73.9 Å². The van der Waals surface area contributed by atoms with Gasteiger partial charge >= 0.3 is 0 Å². The van der Waals surface area contributed by atoms with Crippen molar-refractivity contribution in [3.63, 3.8) is 0 Å². The number of ether oxygens (including phenoxy) is 3. The number of benzene rings is 1. The van der Waals surface area contributed by atoms with E-state index in [1.807, 2.05) is 6.92 Å². The summed E-state index contributed by atoms with van der Waals surface area (Å²) in [6.07, 6.45) is -0.136. The van der Waals surface area contributed by atoms with Gasteiger partial charge in [0.1, 0.15) is 5.75 Å². The van der Waals surface area contributed by atoms with E-state index in [1.54, 1.807) is 26.4 Å². The molecule has 3 N–H and O–H groups in total. The Labute approximate surface area is 107 Å². The molecule has 0 aliphatic heterocycles. The van der Waals surface area contributed by atoms with E-state index in [2.05, 4.69) is 0 Å². The predicted octanol–water partition coefficient (Wildman–Crippen LogP) is 1.48. The molecule has 0 aliphatic carbocycles. The Hall–Kier alpha value is -1.46. The Kier molecular flexibility index (Phi) is 5.25. The van der Waals surface area contributed by atoms with Gasteiger partial charge in [-0.3, -0.25) is 0 Å². The summed E-state index contributed by atoms with van der Waals surface area (Å²) < 4.78 is 15.6. The summed E-state index contributed by atoms with van der Waals surface area (Å²) in [5.74, 6) is 1.62. The molecule has 0 saturated carbocycles. The van der Waals surface area contributed by atoms with Crippen molar-refractivity contribution < 1.29 is 19.3 Å². The second-order valence-corrected chi connectivity index (χ2v) is 3.97. The van der Waals surface area contributed by atoms with Gasteiger partial charge < -0.3 is 25.1 Å². The minimum absolute atomic E-state index is 0.350. The summed E-state index contributed by atoms with van der Waals surface area (Å²) in [5, 5.41) is 10.2. The third-order valence-electron chi connectivity index (χ3n) is 2.93. The van der Waals surface area contributed by atoms with Gasteiger partial charge in [0.15, 0.2) is 11.5 Å². The van der Waals surface area contributed by atoms with Crippen molar-refractivity contribution in [2.45, 2.75) is 25.5 Å². The number of nitrogens with two attached hydrogens (primary N) is 1. The highest BCUT2D eigenvalue weighted by molar-refractivity contribution is 5.51. The van der Waals surface area contributed by atoms with Gasteiger partial charge in [0, 0.05) is 17.7 Å². The van der Waals surface area contributed by atoms with Crippen LogP contribution in [0, 0.1) is 0 Å². The molecule has 2 atom stereocenters. The number of rotatable bonds is 6. The van der Waals surface area contributed by atoms with E-state index in [0.717, 1.165) is 0 Å². The molecule has 0 amide bonds. The largest absolute Gasteiger partial charge is 0.496 e. The highest BCUT2D eigenvalue weighted by Crippen LogP contribution is 2.38. The highest BCUT2D eigenvalue weighted by Gasteiger charge is 2.22. The fourth-order valence-electron chi connectivity index (χ4n) is 1.74. The molecule has 0 fully saturated rings. The third-order valence-corrected chi connectivity index (χ3v) is 2.93. The zero-order valence-electron chi connectivity index (χ0n) is 11.3. The number of methoxy groups -OCH3 is 3. The molecule has 5 heteroatoms. The van der Waals surface area contributed by atoms with E-state index in [4.69, 9.17) is 19.9 Å². The van der Waals surface area contributed by atoms with Gasteiger partial charge in [-0.05, 0) is 12.5 Å². The minimum atomic E-state index is -0.801. The van der Waals surface area contributed by atoms with E-state index >= 15 is 0 Å². The standard InChI is InChI=1S/C13H21NO4/c1-5-9(14)13(15)8-6-11(17-3)12(18-4)7-10(8)16-2/h6-7,9,13,15H,5,14H2,1-4H3. The van der Waals surface area contributed by atoms with Crippen LogP contribution in [0.5, 0.6) is 17.2 Å². The predicted molar refractivity (Wildman–Crippen MR) is 69.3 cm³/mol. The van der Waals surface area contributed by atoms with Crippen LogP contribution in [-0.2, 0) is 0 Å². The van der Waals surface area contributed by atoms with Crippen LogP contribution in [0.2, 0.25) is 0 Å². The number of hydrogen-bond donors (Lipinski definition) is 2. The smallest absolute Gasteiger partial charge is 0.164 e. The lowest BCUT2D eigenvalue weighted by Crippen LogP contribution is -2.27. The summed E-state index contributed by atoms with van der Waals surface area (Å²) in [5.41, 5.74) is 6.46. The normalized spacial score (nSPS) is 13.9. The van der Waals surface area contributed by atoms with Gasteiger partial charge in [-0.1, -0.05) is 6.92 Å². The fourth-order valence-corrected chi connectivity index (χ4v) is 1.74. The molecule has 0 aliphatic rings. The third kappa shape index (κ3) is 2.86. The summed E-state index contributed by atoms with van der Waals surface area (Å²) in [7, 11) is 4.63. The van der Waals surface area contributed by atoms with Crippen LogP contribution in [0.4, 0.5) is 0 Å². The quantitative estimate of drug-likeness (QED) is 0.805. The van der Waals surface area contributed by atoms with E-state index in [-0.39, 0.29) is 6.04 Å². The maximum atomic E-state index is 10.2. The van der Waals surface area contributed by atoms with Crippen molar-refractivity contribution in [2.75, 3.05) is 21.3 Å². The number of aliphatic hydroxyl groups is 1. The first-order valence-electron chi connectivity index (χ1n) is 5.82. The first kappa shape index (κ1) is 14.6. The molecule has 102 valence electrons. The molecule has 18 heavy (non-hydrogen) atoms. The van der Waals surface area contributed by atoms with E-state index in [9.17, 15) is 5.11 Å². The Morgan fingerprint density at radius 3 is 2.00 bits per heavy atom. The second kappa shape index (κ2) is 6.47. The van der Waals surface area contributed by atoms with Crippen molar-refractivity contribution in [3.8, 4) is 17.2 Å². The van der Waals surface area contributed by atoms with Gasteiger partial charge in [0.25, 0.3) is 0 Å². The van der Waals surface area contributed by atoms with E-state index in [1.165, 1.54) is 7.11 Å². The molecular formula is C13H21NO4. The van der Waals surface area contributed by atoms with Crippen molar-refractivity contribution in [2.24, 2.45) is 5.73 Å². The summed E-state index contributed by atoms with van der Waals surface area (Å²) in [6.45, 7) is 1.92. The van der Waals surface area contributed by atoms with Crippen LogP contribution in [0.15, 0.2) is 12.1 Å². The maximum absolute atomic E-state index is 10.2. The molecule has 2 unspecified atom stereocenters. The molecule has 1 rings (SSSR count). The number of hydrogen-bond acceptors (Lipinski definition) is 5. The Bertz CT molecular complexity index is 395. The van der Waals surface area contributed by atoms with Crippen LogP contribution in [0.1, 0.15) is 25.0 Å². The molecule has 0 heterocycles. The first-order chi connectivity index (χ1) is 8.58. The summed E-state index contributed by atoms with van der Waals surface area (Å²) in [6, 6.07) is 3.02. The Morgan fingerprint density at radius 1 is 1.06 bits per heavy atom. The van der Waals surface area contributed by atoms with Gasteiger partial charge in [-0.15, -0.1) is 0 Å². The maximum Gasteiger partial charge on any atom is 0.164 e. The average Bonchev–Trinajstić information content (AvgIpc) is 2.43. The zero-order valence-corrected chi connectivity index (χ0v) is 11.3. The highest BCUT2D eigenvalue weighted by atomic mass is 16.5. The van der Waals surface area contributed by atoms with Gasteiger partial charge in [-0.2, -0.15) is 0 Å². The SMILES string of the molecule is CCC(N)C(O)c1cc(OC)c(OC)cc1OC. The Balaban J connectivity index is 3.24. The van der Waals surface area contributed by atoms with Crippen LogP contribution < -0.4 is 19.9 Å². The lowest BCUT2D eigenvalue weighted by atomic mass is 9.99. The van der Waals surface area contributed by atoms with Crippen molar-refractivity contribution >= 4 is 0 Å². The monoisotopic (exact) mass is 255 g/mol. The first-order valence-corrected chi connectivity index (χ1v) is 5.82. The van der Waals surface area contributed by atoms with Crippen molar-refractivity contribution in [1.29, 1.82) is 0 Å². The summed E-state index contributed by atoms with van der Waals surface area (Å²) in [4.78, 5) is 0. The molecule has 0 saturated heterocycles. The molecule has 0 aromatic heterocycles. The molecule has 0 spiro atoms. The van der Waals surface area contributed by atoms with Crippen molar-refractivity contribution in [3.05, 3.63) is 17.7 Å². The molecule has 0 radical (unpaired) electrons. The van der Waals surface area contributed by atoms with Gasteiger partial charge in [-0.25, -0.2) is 0 Å². The van der Waals surface area contributed by atoms with Crippen LogP contribution >= 0.6 is 0 Å². The van der Waals surface area contributed by atoms with Crippen LogP contribution in [-0.4, -0.2) is 32.5 Å². The zero-order chi connectivity index (χ0) is 13.7. The minimum Gasteiger partial charge on any atom is -0.496 e. The molecule has 1 aromatic rings. The van der Waals surface area contributed by atoms with E-state index in [0.29, 0.717) is 29.2 Å². The van der Waals surface area contributed by atoms with Gasteiger partial charge in [0.05, 0.1) is 27.4 Å².